The van der Waals surface area contributed by atoms with Gasteiger partial charge < -0.3 is 16.1 Å². The number of rotatable bonds is 3. The molecule has 1 saturated heterocycles. The number of amides is 2. The molecule has 6 nitrogen and oxygen atoms in total. The second-order valence-electron chi connectivity index (χ2n) is 4.01. The maximum absolute atomic E-state index is 12.0. The highest BCUT2D eigenvalue weighted by Crippen LogP contribution is 2.20. The number of nitrogens with two attached hydrogens (primary N) is 1. The predicted molar refractivity (Wildman–Crippen MR) is 68.1 cm³/mol. The van der Waals surface area contributed by atoms with Gasteiger partial charge in [0.05, 0.1) is 17.3 Å². The van der Waals surface area contributed by atoms with Crippen LogP contribution in [-0.2, 0) is 4.79 Å². The number of hydrogen-bond donors (Lipinski definition) is 4. The van der Waals surface area contributed by atoms with Crippen LogP contribution < -0.4 is 21.9 Å². The number of nitrogens with one attached hydrogen (secondary N) is 3. The molecule has 1 aliphatic rings. The minimum absolute atomic E-state index is 0.0661. The SMILES string of the molecule is NNc1ccc(Cl)cc1C(=O)NC1CNC(=O)C1. The first-order valence-electron chi connectivity index (χ1n) is 5.44. The molecule has 2 amide bonds. The van der Waals surface area contributed by atoms with E-state index < -0.39 is 0 Å². The molecule has 1 heterocycles. The zero-order valence-electron chi connectivity index (χ0n) is 9.50. The van der Waals surface area contributed by atoms with Crippen LogP contribution in [0.4, 0.5) is 5.69 Å². The Labute approximate surface area is 109 Å². The molecule has 0 aromatic heterocycles. The average molecular weight is 269 g/mol. The molecule has 2 rings (SSSR count). The number of carbonyl (C=O) groups excluding carboxylic acids is 2. The van der Waals surface area contributed by atoms with Crippen LogP contribution in [-0.4, -0.2) is 24.4 Å². The van der Waals surface area contributed by atoms with Crippen molar-refractivity contribution < 1.29 is 9.59 Å². The fourth-order valence-corrected chi connectivity index (χ4v) is 1.97. The molecule has 5 N–H and O–H groups in total. The Bertz CT molecular complexity index is 492. The summed E-state index contributed by atoms with van der Waals surface area (Å²) in [5.74, 6) is 4.95. The topological polar surface area (TPSA) is 96.2 Å². The molecular formula is C11H13ClN4O2. The van der Waals surface area contributed by atoms with Crippen LogP contribution in [0.1, 0.15) is 16.8 Å². The van der Waals surface area contributed by atoms with E-state index in [2.05, 4.69) is 16.1 Å². The lowest BCUT2D eigenvalue weighted by Gasteiger charge is -2.13. The molecule has 1 aromatic rings. The quantitative estimate of drug-likeness (QED) is 0.467. The van der Waals surface area contributed by atoms with Gasteiger partial charge in [0.25, 0.3) is 5.91 Å². The predicted octanol–water partition coefficient (Wildman–Crippen LogP) is 0.244. The van der Waals surface area contributed by atoms with E-state index in [1.165, 1.54) is 6.07 Å². The van der Waals surface area contributed by atoms with E-state index in [4.69, 9.17) is 17.4 Å². The zero-order valence-corrected chi connectivity index (χ0v) is 10.3. The van der Waals surface area contributed by atoms with Crippen molar-refractivity contribution in [3.63, 3.8) is 0 Å². The molecule has 0 aliphatic carbocycles. The lowest BCUT2D eigenvalue weighted by molar-refractivity contribution is -0.119. The van der Waals surface area contributed by atoms with Gasteiger partial charge in [-0.25, -0.2) is 0 Å². The highest BCUT2D eigenvalue weighted by Gasteiger charge is 2.24. The zero-order chi connectivity index (χ0) is 13.1. The second kappa shape index (κ2) is 5.24. The fraction of sp³-hybridized carbons (Fsp3) is 0.273. The van der Waals surface area contributed by atoms with Gasteiger partial charge in [0.15, 0.2) is 0 Å². The van der Waals surface area contributed by atoms with Gasteiger partial charge in [0.1, 0.15) is 0 Å². The summed E-state index contributed by atoms with van der Waals surface area (Å²) in [7, 11) is 0. The average Bonchev–Trinajstić information content (AvgIpc) is 2.74. The standard InChI is InChI=1S/C11H13ClN4O2/c12-6-1-2-9(16-13)8(3-6)11(18)15-7-4-10(17)14-5-7/h1-3,7,16H,4-5,13H2,(H,14,17)(H,15,18). The van der Waals surface area contributed by atoms with Gasteiger partial charge in [-0.15, -0.1) is 0 Å². The summed E-state index contributed by atoms with van der Waals surface area (Å²) in [6.07, 6.45) is 0.289. The Kier molecular flexibility index (Phi) is 3.69. The van der Waals surface area contributed by atoms with Crippen molar-refractivity contribution in [3.05, 3.63) is 28.8 Å². The van der Waals surface area contributed by atoms with E-state index in [1.807, 2.05) is 0 Å². The van der Waals surface area contributed by atoms with Crippen molar-refractivity contribution in [2.24, 2.45) is 5.84 Å². The normalized spacial score (nSPS) is 18.3. The molecule has 1 fully saturated rings. The first-order chi connectivity index (χ1) is 8.60. The summed E-state index contributed by atoms with van der Waals surface area (Å²) in [5.41, 5.74) is 3.27. The Morgan fingerprint density at radius 2 is 2.28 bits per heavy atom. The molecule has 96 valence electrons. The highest BCUT2D eigenvalue weighted by molar-refractivity contribution is 6.31. The first-order valence-corrected chi connectivity index (χ1v) is 5.81. The van der Waals surface area contributed by atoms with Crippen LogP contribution in [0.5, 0.6) is 0 Å². The van der Waals surface area contributed by atoms with Crippen molar-refractivity contribution >= 4 is 29.1 Å². The van der Waals surface area contributed by atoms with E-state index in [0.29, 0.717) is 22.8 Å². The number of benzene rings is 1. The lowest BCUT2D eigenvalue weighted by atomic mass is 10.1. The minimum Gasteiger partial charge on any atom is -0.354 e. The van der Waals surface area contributed by atoms with Crippen LogP contribution in [0.3, 0.4) is 0 Å². The molecular weight excluding hydrogens is 256 g/mol. The van der Waals surface area contributed by atoms with E-state index in [1.54, 1.807) is 12.1 Å². The number of nitrogen functional groups attached to an aromatic ring is 1. The first kappa shape index (κ1) is 12.7. The number of hydrazine groups is 1. The maximum atomic E-state index is 12.0. The van der Waals surface area contributed by atoms with Crippen LogP contribution in [0.25, 0.3) is 0 Å². The molecule has 1 atom stereocenters. The molecule has 0 bridgehead atoms. The van der Waals surface area contributed by atoms with E-state index in [0.717, 1.165) is 0 Å². The molecule has 1 unspecified atom stereocenters. The van der Waals surface area contributed by atoms with Crippen molar-refractivity contribution in [2.75, 3.05) is 12.0 Å². The van der Waals surface area contributed by atoms with Crippen LogP contribution in [0.2, 0.25) is 5.02 Å². The largest absolute Gasteiger partial charge is 0.354 e. The smallest absolute Gasteiger partial charge is 0.253 e. The fourth-order valence-electron chi connectivity index (χ4n) is 1.80. The summed E-state index contributed by atoms with van der Waals surface area (Å²) >= 11 is 5.84. The minimum atomic E-state index is -0.313. The maximum Gasteiger partial charge on any atom is 0.253 e. The molecule has 0 spiro atoms. The van der Waals surface area contributed by atoms with Gasteiger partial charge in [0, 0.05) is 18.0 Å². The van der Waals surface area contributed by atoms with Crippen molar-refractivity contribution in [1.29, 1.82) is 0 Å². The van der Waals surface area contributed by atoms with Gasteiger partial charge in [-0.2, -0.15) is 0 Å². The van der Waals surface area contributed by atoms with Crippen LogP contribution >= 0.6 is 11.6 Å². The van der Waals surface area contributed by atoms with Gasteiger partial charge in [0.2, 0.25) is 5.91 Å². The van der Waals surface area contributed by atoms with E-state index >= 15 is 0 Å². The van der Waals surface area contributed by atoms with Crippen molar-refractivity contribution in [2.45, 2.75) is 12.5 Å². The summed E-state index contributed by atoms with van der Waals surface area (Å²) in [4.78, 5) is 23.1. The second-order valence-corrected chi connectivity index (χ2v) is 4.45. The van der Waals surface area contributed by atoms with Crippen molar-refractivity contribution in [3.8, 4) is 0 Å². The third kappa shape index (κ3) is 2.72. The summed E-state index contributed by atoms with van der Waals surface area (Å²) in [6.45, 7) is 0.441. The van der Waals surface area contributed by atoms with E-state index in [9.17, 15) is 9.59 Å². The van der Waals surface area contributed by atoms with E-state index in [-0.39, 0.29) is 24.3 Å². The van der Waals surface area contributed by atoms with Gasteiger partial charge in [-0.05, 0) is 18.2 Å². The number of anilines is 1. The monoisotopic (exact) mass is 268 g/mol. The molecule has 0 radical (unpaired) electrons. The van der Waals surface area contributed by atoms with Crippen LogP contribution in [0, 0.1) is 0 Å². The molecule has 1 aliphatic heterocycles. The number of hydrogen-bond acceptors (Lipinski definition) is 4. The number of halogens is 1. The summed E-state index contributed by atoms with van der Waals surface area (Å²) in [5, 5.41) is 5.84. The molecule has 7 heteroatoms. The van der Waals surface area contributed by atoms with Gasteiger partial charge in [-0.3, -0.25) is 15.4 Å². The Hall–Kier alpha value is -1.79. The Morgan fingerprint density at radius 3 is 2.89 bits per heavy atom. The van der Waals surface area contributed by atoms with Crippen LogP contribution in [0.15, 0.2) is 18.2 Å². The summed E-state index contributed by atoms with van der Waals surface area (Å²) in [6, 6.07) is 4.58. The molecule has 18 heavy (non-hydrogen) atoms. The highest BCUT2D eigenvalue weighted by atomic mass is 35.5. The summed E-state index contributed by atoms with van der Waals surface area (Å²) < 4.78 is 0. The third-order valence-corrected chi connectivity index (χ3v) is 2.93. The number of carbonyl (C=O) groups is 2. The molecule has 1 aromatic carbocycles. The molecule has 0 saturated carbocycles. The Morgan fingerprint density at radius 1 is 1.50 bits per heavy atom. The Balaban J connectivity index is 2.13. The lowest BCUT2D eigenvalue weighted by Crippen LogP contribution is -2.36. The van der Waals surface area contributed by atoms with Gasteiger partial charge >= 0.3 is 0 Å². The van der Waals surface area contributed by atoms with Crippen molar-refractivity contribution in [1.82, 2.24) is 10.6 Å². The third-order valence-electron chi connectivity index (χ3n) is 2.69. The van der Waals surface area contributed by atoms with Gasteiger partial charge in [-0.1, -0.05) is 11.6 Å².